The van der Waals surface area contributed by atoms with Gasteiger partial charge in [0.1, 0.15) is 5.52 Å². The van der Waals surface area contributed by atoms with Crippen molar-refractivity contribution in [2.45, 2.75) is 6.92 Å². The summed E-state index contributed by atoms with van der Waals surface area (Å²) in [5, 5.41) is 0.675. The highest BCUT2D eigenvalue weighted by Gasteiger charge is 2.00. The molecule has 0 aliphatic rings. The number of fused-ring (bicyclic) bond motifs is 1. The van der Waals surface area contributed by atoms with E-state index in [4.69, 9.17) is 16.0 Å². The van der Waals surface area contributed by atoms with Crippen LogP contribution in [0.2, 0.25) is 5.02 Å². The number of aryl methyl sites for hydroxylation is 1. The average molecular weight is 168 g/mol. The molecule has 3 heteroatoms. The van der Waals surface area contributed by atoms with Gasteiger partial charge in [0.2, 0.25) is 0 Å². The van der Waals surface area contributed by atoms with Gasteiger partial charge < -0.3 is 4.42 Å². The van der Waals surface area contributed by atoms with E-state index >= 15 is 0 Å². The fourth-order valence-corrected chi connectivity index (χ4v) is 1.18. The van der Waals surface area contributed by atoms with E-state index in [2.05, 4.69) is 4.98 Å². The lowest BCUT2D eigenvalue weighted by Gasteiger charge is -1.85. The number of aromatic nitrogens is 1. The monoisotopic (exact) mass is 167 g/mol. The van der Waals surface area contributed by atoms with Crippen LogP contribution in [0.25, 0.3) is 11.1 Å². The Kier molecular flexibility index (Phi) is 1.36. The molecule has 0 bridgehead atoms. The number of halogens is 1. The zero-order valence-corrected chi connectivity index (χ0v) is 6.72. The first-order chi connectivity index (χ1) is 5.25. The van der Waals surface area contributed by atoms with Gasteiger partial charge in [-0.15, -0.1) is 0 Å². The van der Waals surface area contributed by atoms with Crippen LogP contribution < -0.4 is 0 Å². The van der Waals surface area contributed by atoms with Gasteiger partial charge in [-0.2, -0.15) is 0 Å². The second-order valence-electron chi connectivity index (χ2n) is 2.34. The Bertz CT molecular complexity index is 394. The molecule has 0 fully saturated rings. The van der Waals surface area contributed by atoms with Gasteiger partial charge in [-0.25, -0.2) is 4.98 Å². The van der Waals surface area contributed by atoms with Crippen LogP contribution >= 0.6 is 11.6 Å². The van der Waals surface area contributed by atoms with Gasteiger partial charge >= 0.3 is 0 Å². The molecule has 0 saturated heterocycles. The van der Waals surface area contributed by atoms with E-state index < -0.39 is 0 Å². The van der Waals surface area contributed by atoms with Crippen molar-refractivity contribution in [3.8, 4) is 0 Å². The first-order valence-electron chi connectivity index (χ1n) is 3.28. The molecule has 1 aromatic carbocycles. The highest BCUT2D eigenvalue weighted by Crippen LogP contribution is 2.19. The molecular formula is C8H6ClNO. The van der Waals surface area contributed by atoms with E-state index in [0.717, 1.165) is 11.1 Å². The van der Waals surface area contributed by atoms with E-state index in [1.807, 2.05) is 13.0 Å². The van der Waals surface area contributed by atoms with Crippen LogP contribution in [-0.2, 0) is 0 Å². The molecule has 56 valence electrons. The molecule has 1 aromatic heterocycles. The highest BCUT2D eigenvalue weighted by molar-refractivity contribution is 6.31. The van der Waals surface area contributed by atoms with Crippen molar-refractivity contribution in [3.05, 3.63) is 29.1 Å². The maximum Gasteiger partial charge on any atom is 0.192 e. The minimum atomic E-state index is 0.669. The number of benzene rings is 1. The van der Waals surface area contributed by atoms with Crippen molar-refractivity contribution in [2.75, 3.05) is 0 Å². The largest absolute Gasteiger partial charge is 0.441 e. The zero-order chi connectivity index (χ0) is 7.84. The first kappa shape index (κ1) is 6.68. The second-order valence-corrected chi connectivity index (χ2v) is 2.78. The third-order valence-corrected chi connectivity index (χ3v) is 1.69. The zero-order valence-electron chi connectivity index (χ0n) is 5.97. The number of rotatable bonds is 0. The molecule has 0 radical (unpaired) electrons. The van der Waals surface area contributed by atoms with Crippen molar-refractivity contribution >= 4 is 22.7 Å². The number of hydrogen-bond donors (Lipinski definition) is 0. The van der Waals surface area contributed by atoms with Crippen molar-refractivity contribution in [2.24, 2.45) is 0 Å². The maximum atomic E-state index is 5.74. The molecule has 2 rings (SSSR count). The summed E-state index contributed by atoms with van der Waals surface area (Å²) in [7, 11) is 0. The van der Waals surface area contributed by atoms with E-state index in [-0.39, 0.29) is 0 Å². The van der Waals surface area contributed by atoms with Gasteiger partial charge in [0.15, 0.2) is 11.5 Å². The standard InChI is InChI=1S/C8H6ClNO/c1-5-10-7-3-2-6(9)4-8(7)11-5/h2-4H,1H3. The van der Waals surface area contributed by atoms with Crippen LogP contribution in [0.5, 0.6) is 0 Å². The molecule has 0 unspecified atom stereocenters. The Morgan fingerprint density at radius 1 is 1.45 bits per heavy atom. The predicted molar refractivity (Wildman–Crippen MR) is 43.8 cm³/mol. The molecule has 0 atom stereocenters. The Balaban J connectivity index is 2.82. The van der Waals surface area contributed by atoms with Crippen molar-refractivity contribution < 1.29 is 4.42 Å². The van der Waals surface area contributed by atoms with E-state index in [1.54, 1.807) is 12.1 Å². The number of oxazole rings is 1. The lowest BCUT2D eigenvalue weighted by molar-refractivity contribution is 0.561. The maximum absolute atomic E-state index is 5.74. The molecule has 2 nitrogen and oxygen atoms in total. The third kappa shape index (κ3) is 1.10. The lowest BCUT2D eigenvalue weighted by atomic mass is 10.3. The van der Waals surface area contributed by atoms with Gasteiger partial charge in [-0.05, 0) is 12.1 Å². The minimum Gasteiger partial charge on any atom is -0.441 e. The summed E-state index contributed by atoms with van der Waals surface area (Å²) < 4.78 is 5.25. The molecule has 0 N–H and O–H groups in total. The van der Waals surface area contributed by atoms with Gasteiger partial charge in [0.25, 0.3) is 0 Å². The van der Waals surface area contributed by atoms with Crippen LogP contribution in [0.4, 0.5) is 0 Å². The summed E-state index contributed by atoms with van der Waals surface area (Å²) in [6, 6.07) is 5.40. The quantitative estimate of drug-likeness (QED) is 0.603. The Hall–Kier alpha value is -1.02. The SMILES string of the molecule is Cc1nc2ccc(Cl)cc2o1. The van der Waals surface area contributed by atoms with Crippen LogP contribution in [0.15, 0.2) is 22.6 Å². The van der Waals surface area contributed by atoms with Crippen LogP contribution in [-0.4, -0.2) is 4.98 Å². The van der Waals surface area contributed by atoms with Crippen molar-refractivity contribution in [1.29, 1.82) is 0 Å². The van der Waals surface area contributed by atoms with Gasteiger partial charge in [0.05, 0.1) is 0 Å². The fourth-order valence-electron chi connectivity index (χ4n) is 1.01. The average Bonchev–Trinajstić information content (AvgIpc) is 2.27. The topological polar surface area (TPSA) is 26.0 Å². The highest BCUT2D eigenvalue weighted by atomic mass is 35.5. The van der Waals surface area contributed by atoms with Gasteiger partial charge in [-0.3, -0.25) is 0 Å². The third-order valence-electron chi connectivity index (χ3n) is 1.46. The molecule has 1 heterocycles. The summed E-state index contributed by atoms with van der Waals surface area (Å²) in [4.78, 5) is 4.13. The van der Waals surface area contributed by atoms with Crippen LogP contribution in [0, 0.1) is 6.92 Å². The minimum absolute atomic E-state index is 0.669. The van der Waals surface area contributed by atoms with Crippen LogP contribution in [0.1, 0.15) is 5.89 Å². The van der Waals surface area contributed by atoms with Crippen molar-refractivity contribution in [1.82, 2.24) is 4.98 Å². The molecule has 0 aliphatic heterocycles. The Morgan fingerprint density at radius 3 is 3.09 bits per heavy atom. The first-order valence-corrected chi connectivity index (χ1v) is 3.66. The summed E-state index contributed by atoms with van der Waals surface area (Å²) in [5.74, 6) is 0.669. The normalized spacial score (nSPS) is 10.7. The fraction of sp³-hybridized carbons (Fsp3) is 0.125. The molecule has 0 aliphatic carbocycles. The van der Waals surface area contributed by atoms with Crippen LogP contribution in [0.3, 0.4) is 0 Å². The molecule has 2 aromatic rings. The smallest absolute Gasteiger partial charge is 0.192 e. The van der Waals surface area contributed by atoms with E-state index in [9.17, 15) is 0 Å². The number of nitrogens with zero attached hydrogens (tertiary/aromatic N) is 1. The molecule has 0 spiro atoms. The summed E-state index contributed by atoms with van der Waals surface area (Å²) >= 11 is 5.74. The van der Waals surface area contributed by atoms with Crippen molar-refractivity contribution in [3.63, 3.8) is 0 Å². The number of hydrogen-bond acceptors (Lipinski definition) is 2. The predicted octanol–water partition coefficient (Wildman–Crippen LogP) is 2.79. The summed E-state index contributed by atoms with van der Waals surface area (Å²) in [6.45, 7) is 1.81. The molecular weight excluding hydrogens is 162 g/mol. The van der Waals surface area contributed by atoms with E-state index in [0.29, 0.717) is 10.9 Å². The molecule has 0 amide bonds. The van der Waals surface area contributed by atoms with Gasteiger partial charge in [0, 0.05) is 18.0 Å². The molecule has 0 saturated carbocycles. The summed E-state index contributed by atoms with van der Waals surface area (Å²) in [6.07, 6.45) is 0. The van der Waals surface area contributed by atoms with E-state index in [1.165, 1.54) is 0 Å². The summed E-state index contributed by atoms with van der Waals surface area (Å²) in [5.41, 5.74) is 1.60. The molecule has 11 heavy (non-hydrogen) atoms. The second kappa shape index (κ2) is 2.24. The Labute approximate surface area is 68.8 Å². The Morgan fingerprint density at radius 2 is 2.27 bits per heavy atom. The van der Waals surface area contributed by atoms with Gasteiger partial charge in [-0.1, -0.05) is 11.6 Å². The lowest BCUT2D eigenvalue weighted by Crippen LogP contribution is -1.67.